The van der Waals surface area contributed by atoms with E-state index in [0.29, 0.717) is 28.5 Å². The van der Waals surface area contributed by atoms with Crippen molar-refractivity contribution in [3.63, 3.8) is 0 Å². The zero-order chi connectivity index (χ0) is 33.5. The summed E-state index contributed by atoms with van der Waals surface area (Å²) in [5, 5.41) is 31.2. The molecule has 0 amide bonds. The van der Waals surface area contributed by atoms with Crippen molar-refractivity contribution < 1.29 is 5.11 Å². The number of nitrogens with zero attached hydrogens (tertiary/aromatic N) is 7. The quantitative estimate of drug-likeness (QED) is 0.115. The van der Waals surface area contributed by atoms with Crippen molar-refractivity contribution in [3.8, 4) is 5.75 Å². The topological polar surface area (TPSA) is 89.6 Å². The van der Waals surface area contributed by atoms with Crippen LogP contribution in [0.1, 0.15) is 57.2 Å². The predicted octanol–water partition coefficient (Wildman–Crippen LogP) is 11.8. The van der Waals surface area contributed by atoms with Gasteiger partial charge in [0.25, 0.3) is 0 Å². The molecule has 1 N–H and O–H groups in total. The molecule has 0 saturated carbocycles. The summed E-state index contributed by atoms with van der Waals surface area (Å²) in [7, 11) is 0. The molecule has 7 rings (SSSR count). The van der Waals surface area contributed by atoms with Gasteiger partial charge in [-0.3, -0.25) is 4.99 Å². The van der Waals surface area contributed by atoms with Crippen LogP contribution < -0.4 is 4.90 Å². The summed E-state index contributed by atoms with van der Waals surface area (Å²) in [5.74, 6) is 0.336. The van der Waals surface area contributed by atoms with E-state index in [1.807, 2.05) is 66.9 Å². The third-order valence-electron chi connectivity index (χ3n) is 9.64. The smallest absolute Gasteiger partial charge is 0.187 e. The summed E-state index contributed by atoms with van der Waals surface area (Å²) in [6, 6.07) is 28.4. The van der Waals surface area contributed by atoms with Crippen molar-refractivity contribution in [1.82, 2.24) is 0 Å². The molecule has 0 aliphatic carbocycles. The molecule has 8 nitrogen and oxygen atoms in total. The lowest BCUT2D eigenvalue weighted by atomic mass is 9.69. The summed E-state index contributed by atoms with van der Waals surface area (Å²) in [6.07, 6.45) is 3.90. The van der Waals surface area contributed by atoms with Gasteiger partial charge < -0.3 is 10.0 Å². The Hall–Kier alpha value is -5.68. The molecule has 0 bridgehead atoms. The molecule has 0 radical (unpaired) electrons. The number of azo groups is 2. The maximum absolute atomic E-state index is 11.7. The Balaban J connectivity index is 1.16. The van der Waals surface area contributed by atoms with Gasteiger partial charge in [0.1, 0.15) is 5.75 Å². The van der Waals surface area contributed by atoms with Gasteiger partial charge in [0.05, 0.1) is 35.0 Å². The Labute approximate surface area is 281 Å². The lowest BCUT2D eigenvalue weighted by molar-refractivity contribution is 0.378. The number of hydrogen-bond acceptors (Lipinski definition) is 7. The number of aliphatic imine (C=N–C) groups is 1. The number of phenols is 1. The van der Waals surface area contributed by atoms with Crippen molar-refractivity contribution in [2.24, 2.45) is 25.4 Å². The predicted molar refractivity (Wildman–Crippen MR) is 194 cm³/mol. The normalized spacial score (nSPS) is 16.5. The summed E-state index contributed by atoms with van der Waals surface area (Å²) in [5.41, 5.74) is 8.37. The van der Waals surface area contributed by atoms with Crippen molar-refractivity contribution >= 4 is 56.8 Å². The highest BCUT2D eigenvalue weighted by Gasteiger charge is 2.42. The second kappa shape index (κ2) is 12.2. The summed E-state index contributed by atoms with van der Waals surface area (Å²) >= 11 is 0. The molecule has 2 heterocycles. The zero-order valence-electron chi connectivity index (χ0n) is 27.6. The van der Waals surface area contributed by atoms with Gasteiger partial charge in [-0.05, 0) is 83.8 Å². The van der Waals surface area contributed by atoms with Gasteiger partial charge in [-0.2, -0.15) is 15.3 Å². The molecule has 2 aliphatic heterocycles. The first-order chi connectivity index (χ1) is 23.1. The van der Waals surface area contributed by atoms with Gasteiger partial charge in [-0.1, -0.05) is 64.1 Å². The van der Waals surface area contributed by atoms with Crippen LogP contribution in [0.3, 0.4) is 0 Å². The molecule has 0 unspecified atom stereocenters. The SMILES string of the molecule is [C-]#[N+]c1ccc(N=Nc2ccc(N=Nc3ccc(N=Cc4cc5c6c(c4O)C(C)(C)CCN6CCC5(C)C)c4ccccc34)cc2)cc1. The minimum absolute atomic E-state index is 0.0149. The van der Waals surface area contributed by atoms with Crippen LogP contribution in [0.4, 0.5) is 39.8 Å². The van der Waals surface area contributed by atoms with E-state index in [-0.39, 0.29) is 10.8 Å². The van der Waals surface area contributed by atoms with Gasteiger partial charge in [-0.25, -0.2) is 4.85 Å². The number of phenolic OH excluding ortho intramolecular Hbond substituents is 1. The molecule has 48 heavy (non-hydrogen) atoms. The molecule has 0 spiro atoms. The Morgan fingerprint density at radius 2 is 1.25 bits per heavy atom. The lowest BCUT2D eigenvalue weighted by Crippen LogP contribution is -2.44. The van der Waals surface area contributed by atoms with Crippen molar-refractivity contribution in [1.29, 1.82) is 0 Å². The molecule has 0 fully saturated rings. The van der Waals surface area contributed by atoms with Crippen molar-refractivity contribution in [3.05, 3.63) is 119 Å². The minimum atomic E-state index is -0.126. The Morgan fingerprint density at radius 3 is 1.88 bits per heavy atom. The second-order valence-corrected chi connectivity index (χ2v) is 13.8. The van der Waals surface area contributed by atoms with Gasteiger partial charge >= 0.3 is 0 Å². The largest absolute Gasteiger partial charge is 0.507 e. The van der Waals surface area contributed by atoms with Crippen LogP contribution in [0, 0.1) is 6.57 Å². The first kappa shape index (κ1) is 30.9. The minimum Gasteiger partial charge on any atom is -0.507 e. The Morgan fingerprint density at radius 1 is 0.708 bits per heavy atom. The number of benzene rings is 5. The van der Waals surface area contributed by atoms with Crippen LogP contribution in [0.2, 0.25) is 0 Å². The maximum atomic E-state index is 11.7. The summed E-state index contributed by atoms with van der Waals surface area (Å²) < 4.78 is 0. The van der Waals surface area contributed by atoms with Gasteiger partial charge in [0, 0.05) is 46.9 Å². The van der Waals surface area contributed by atoms with E-state index in [2.05, 4.69) is 64.0 Å². The summed E-state index contributed by atoms with van der Waals surface area (Å²) in [6.45, 7) is 18.2. The maximum Gasteiger partial charge on any atom is 0.187 e. The molecule has 8 heteroatoms. The molecule has 238 valence electrons. The van der Waals surface area contributed by atoms with E-state index < -0.39 is 0 Å². The molecule has 0 saturated heterocycles. The Bertz CT molecular complexity index is 2150. The highest BCUT2D eigenvalue weighted by molar-refractivity contribution is 6.02. The standard InChI is InChI=1S/C40H37N7O/c1-39(2)20-22-47-23-21-40(3,4)36-37(47)33(39)24-26(38(36)48)25-42-34-18-19-35(32-9-7-6-8-31(32)34)46-45-30-16-14-29(15-17-30)44-43-28-12-10-27(41-5)11-13-28/h6-19,24-25,48H,20-23H2,1-4H3. The van der Waals surface area contributed by atoms with E-state index in [1.54, 1.807) is 24.3 Å². The van der Waals surface area contributed by atoms with Crippen LogP contribution in [0.25, 0.3) is 15.6 Å². The van der Waals surface area contributed by atoms with Crippen LogP contribution >= 0.6 is 0 Å². The van der Waals surface area contributed by atoms with Crippen molar-refractivity contribution in [2.45, 2.75) is 51.4 Å². The number of anilines is 1. The van der Waals surface area contributed by atoms with Gasteiger partial charge in [0.15, 0.2) is 5.69 Å². The lowest BCUT2D eigenvalue weighted by Gasteiger charge is -2.48. The molecular formula is C40H37N7O. The van der Waals surface area contributed by atoms with E-state index in [9.17, 15) is 5.11 Å². The molecule has 5 aromatic rings. The molecule has 5 aromatic carbocycles. The number of aromatic hydroxyl groups is 1. The van der Waals surface area contributed by atoms with E-state index in [4.69, 9.17) is 11.6 Å². The van der Waals surface area contributed by atoms with E-state index in [0.717, 1.165) is 59.2 Å². The highest BCUT2D eigenvalue weighted by atomic mass is 16.3. The average molecular weight is 632 g/mol. The second-order valence-electron chi connectivity index (χ2n) is 13.8. The number of hydrogen-bond donors (Lipinski definition) is 1. The fraction of sp³-hybridized carbons (Fsp3) is 0.250. The third kappa shape index (κ3) is 5.84. The van der Waals surface area contributed by atoms with Gasteiger partial charge in [-0.15, -0.1) is 5.11 Å². The molecular weight excluding hydrogens is 594 g/mol. The van der Waals surface area contributed by atoms with Gasteiger partial charge in [0.2, 0.25) is 0 Å². The third-order valence-corrected chi connectivity index (χ3v) is 9.64. The highest BCUT2D eigenvalue weighted by Crippen LogP contribution is 2.53. The van der Waals surface area contributed by atoms with Crippen LogP contribution in [-0.2, 0) is 10.8 Å². The average Bonchev–Trinajstić information content (AvgIpc) is 3.09. The summed E-state index contributed by atoms with van der Waals surface area (Å²) in [4.78, 5) is 10.8. The van der Waals surface area contributed by atoms with E-state index >= 15 is 0 Å². The van der Waals surface area contributed by atoms with Crippen LogP contribution in [0.5, 0.6) is 5.75 Å². The molecule has 2 aliphatic rings. The van der Waals surface area contributed by atoms with E-state index in [1.165, 1.54) is 11.3 Å². The molecule has 0 atom stereocenters. The van der Waals surface area contributed by atoms with Crippen LogP contribution in [-0.4, -0.2) is 24.4 Å². The molecule has 0 aromatic heterocycles. The number of fused-ring (bicyclic) bond motifs is 1. The Kier molecular flexibility index (Phi) is 7.84. The fourth-order valence-electron chi connectivity index (χ4n) is 6.70. The first-order valence-corrected chi connectivity index (χ1v) is 16.3. The monoisotopic (exact) mass is 631 g/mol. The first-order valence-electron chi connectivity index (χ1n) is 16.3. The van der Waals surface area contributed by atoms with Crippen LogP contribution in [0.15, 0.2) is 116 Å². The number of rotatable bonds is 6. The fourth-order valence-corrected chi connectivity index (χ4v) is 6.70. The van der Waals surface area contributed by atoms with Crippen molar-refractivity contribution in [2.75, 3.05) is 18.0 Å². The zero-order valence-corrected chi connectivity index (χ0v) is 27.6.